The summed E-state index contributed by atoms with van der Waals surface area (Å²) in [6.45, 7) is 2.09. The van der Waals surface area contributed by atoms with E-state index in [1.165, 1.54) is 31.0 Å². The number of hydrogen-bond acceptors (Lipinski definition) is 8. The number of aliphatic imine (C=N–C) groups is 1. The summed E-state index contributed by atoms with van der Waals surface area (Å²) in [4.78, 5) is 30.1. The van der Waals surface area contributed by atoms with Gasteiger partial charge >= 0.3 is 12.4 Å². The van der Waals surface area contributed by atoms with Gasteiger partial charge in [0.2, 0.25) is 5.95 Å². The van der Waals surface area contributed by atoms with Crippen LogP contribution in [0.1, 0.15) is 28.7 Å². The van der Waals surface area contributed by atoms with Crippen LogP contribution in [0, 0.1) is 0 Å². The molecule has 1 saturated heterocycles. The number of thioether (sulfide) groups is 1. The maximum atomic E-state index is 13.5. The molecule has 5 rings (SSSR count). The number of amidine groups is 1. The lowest BCUT2D eigenvalue weighted by molar-refractivity contribution is -0.143. The number of aromatic nitrogens is 2. The zero-order chi connectivity index (χ0) is 31.5. The zero-order valence-corrected chi connectivity index (χ0v) is 24.0. The minimum atomic E-state index is -5.02. The van der Waals surface area contributed by atoms with Crippen molar-refractivity contribution in [3.8, 4) is 11.5 Å². The summed E-state index contributed by atoms with van der Waals surface area (Å²) in [6.07, 6.45) is -4.13. The molecule has 0 bridgehead atoms. The number of carbonyl (C=O) groups excluding carboxylic acids is 1. The quantitative estimate of drug-likeness (QED) is 0.231. The van der Waals surface area contributed by atoms with Crippen LogP contribution in [0.25, 0.3) is 6.08 Å². The Morgan fingerprint density at radius 1 is 0.909 bits per heavy atom. The minimum Gasteiger partial charge on any atom is -0.493 e. The minimum absolute atomic E-state index is 0.0666. The van der Waals surface area contributed by atoms with Crippen molar-refractivity contribution in [2.45, 2.75) is 25.4 Å². The van der Waals surface area contributed by atoms with Crippen molar-refractivity contribution in [1.82, 2.24) is 14.9 Å². The summed E-state index contributed by atoms with van der Waals surface area (Å²) in [5.41, 5.74) is -2.76. The lowest BCUT2D eigenvalue weighted by atomic mass is 10.0. The molecule has 3 heterocycles. The third-order valence-electron chi connectivity index (χ3n) is 6.82. The number of rotatable bonds is 6. The highest BCUT2D eigenvalue weighted by molar-refractivity contribution is 8.18. The van der Waals surface area contributed by atoms with E-state index >= 15 is 0 Å². The summed E-state index contributed by atoms with van der Waals surface area (Å²) >= 11 is 1.24. The second-order valence-electron chi connectivity index (χ2n) is 9.75. The number of amides is 1. The van der Waals surface area contributed by atoms with Crippen LogP contribution in [0.3, 0.4) is 0 Å². The summed E-state index contributed by atoms with van der Waals surface area (Å²) < 4.78 is 90.4. The first kappa shape index (κ1) is 31.2. The summed E-state index contributed by atoms with van der Waals surface area (Å²) in [5, 5.41) is 0.584. The van der Waals surface area contributed by atoms with E-state index in [4.69, 9.17) is 9.47 Å². The molecule has 0 unspecified atom stereocenters. The Morgan fingerprint density at radius 3 is 2.34 bits per heavy atom. The van der Waals surface area contributed by atoms with Crippen LogP contribution in [0.15, 0.2) is 64.8 Å². The largest absolute Gasteiger partial charge is 0.493 e. The van der Waals surface area contributed by atoms with Crippen molar-refractivity contribution in [1.29, 1.82) is 0 Å². The molecule has 44 heavy (non-hydrogen) atoms. The molecule has 0 N–H and O–H groups in total. The van der Waals surface area contributed by atoms with Crippen LogP contribution in [0.5, 0.6) is 11.5 Å². The van der Waals surface area contributed by atoms with Gasteiger partial charge in [-0.15, -0.1) is 0 Å². The monoisotopic (exact) mass is 637 g/mol. The maximum absolute atomic E-state index is 13.5. The average molecular weight is 638 g/mol. The van der Waals surface area contributed by atoms with E-state index in [-0.39, 0.29) is 17.6 Å². The fraction of sp³-hybridized carbons (Fsp3) is 0.310. The number of nitrogens with zero attached hydrogens (tertiary/aromatic N) is 5. The molecule has 0 saturated carbocycles. The SMILES string of the molecule is COc1cc(/C=C2/SC(N3CCCN(c4ncccn4)CC3)=NC2=O)ccc1OCc1ccc(C(F)(F)F)cc1C(F)(F)F. The van der Waals surface area contributed by atoms with Gasteiger partial charge in [-0.3, -0.25) is 4.79 Å². The van der Waals surface area contributed by atoms with Gasteiger partial charge in [-0.1, -0.05) is 12.1 Å². The Hall–Kier alpha value is -4.27. The van der Waals surface area contributed by atoms with Crippen molar-refractivity contribution in [2.24, 2.45) is 4.99 Å². The van der Waals surface area contributed by atoms with Gasteiger partial charge in [-0.2, -0.15) is 31.3 Å². The van der Waals surface area contributed by atoms with Gasteiger partial charge in [0.15, 0.2) is 16.7 Å². The standard InChI is InChI=1S/C29H25F6N5O3S/c1-42-23-14-18(4-7-22(23)43-17-19-5-6-20(28(30,31)32)16-21(19)29(33,34)35)15-24-25(41)38-27(44-24)40-11-3-10-39(12-13-40)26-36-8-2-9-37-26/h2,4-9,14-16H,3,10-13,17H2,1H3/b24-15+. The number of ether oxygens (including phenoxy) is 2. The lowest BCUT2D eigenvalue weighted by Crippen LogP contribution is -2.33. The van der Waals surface area contributed by atoms with E-state index in [1.807, 2.05) is 4.90 Å². The number of carbonyl (C=O) groups is 1. The Morgan fingerprint density at radius 2 is 1.64 bits per heavy atom. The molecule has 1 fully saturated rings. The molecule has 232 valence electrons. The molecule has 3 aromatic rings. The van der Waals surface area contributed by atoms with Crippen LogP contribution in [0.2, 0.25) is 0 Å². The molecule has 15 heteroatoms. The molecule has 2 aliphatic heterocycles. The van der Waals surface area contributed by atoms with Crippen molar-refractivity contribution in [3.63, 3.8) is 0 Å². The average Bonchev–Trinajstić information content (AvgIpc) is 3.18. The zero-order valence-electron chi connectivity index (χ0n) is 23.2. The van der Waals surface area contributed by atoms with E-state index in [1.54, 1.807) is 30.6 Å². The molecule has 2 aromatic carbocycles. The van der Waals surface area contributed by atoms with Crippen LogP contribution >= 0.6 is 11.8 Å². The highest BCUT2D eigenvalue weighted by Gasteiger charge is 2.38. The van der Waals surface area contributed by atoms with Crippen molar-refractivity contribution >= 4 is 34.9 Å². The fourth-order valence-electron chi connectivity index (χ4n) is 4.64. The fourth-order valence-corrected chi connectivity index (χ4v) is 5.60. The number of hydrogen-bond donors (Lipinski definition) is 0. The van der Waals surface area contributed by atoms with Crippen molar-refractivity contribution in [2.75, 3.05) is 38.2 Å². The first-order chi connectivity index (χ1) is 20.9. The van der Waals surface area contributed by atoms with E-state index < -0.39 is 41.6 Å². The molecule has 0 spiro atoms. The van der Waals surface area contributed by atoms with Crippen LogP contribution in [-0.4, -0.2) is 59.2 Å². The number of anilines is 1. The summed E-state index contributed by atoms with van der Waals surface area (Å²) in [6, 6.07) is 7.71. The number of methoxy groups -OCH3 is 1. The Balaban J connectivity index is 1.26. The van der Waals surface area contributed by atoms with Gasteiger partial charge in [-0.05, 0) is 60.2 Å². The van der Waals surface area contributed by atoms with E-state index in [0.29, 0.717) is 47.3 Å². The van der Waals surface area contributed by atoms with E-state index in [2.05, 4.69) is 19.9 Å². The van der Waals surface area contributed by atoms with Crippen molar-refractivity contribution < 1.29 is 40.6 Å². The molecular formula is C29H25F6N5O3S. The smallest absolute Gasteiger partial charge is 0.416 e. The highest BCUT2D eigenvalue weighted by Crippen LogP contribution is 2.39. The first-order valence-corrected chi connectivity index (χ1v) is 14.1. The molecular weight excluding hydrogens is 612 g/mol. The van der Waals surface area contributed by atoms with Crippen LogP contribution in [0.4, 0.5) is 32.3 Å². The second-order valence-corrected chi connectivity index (χ2v) is 10.8. The normalized spacial score (nSPS) is 17.1. The molecule has 0 radical (unpaired) electrons. The third kappa shape index (κ3) is 7.26. The summed E-state index contributed by atoms with van der Waals surface area (Å²) in [7, 11) is 1.33. The van der Waals surface area contributed by atoms with Gasteiger partial charge < -0.3 is 19.3 Å². The summed E-state index contributed by atoms with van der Waals surface area (Å²) in [5.74, 6) is 0.473. The lowest BCUT2D eigenvalue weighted by Gasteiger charge is -2.22. The molecule has 0 atom stereocenters. The third-order valence-corrected chi connectivity index (χ3v) is 7.87. The van der Waals surface area contributed by atoms with Gasteiger partial charge in [0.1, 0.15) is 6.61 Å². The first-order valence-electron chi connectivity index (χ1n) is 13.3. The molecule has 1 amide bonds. The number of benzene rings is 2. The molecule has 0 aliphatic carbocycles. The molecule has 2 aliphatic rings. The Labute approximate surface area is 252 Å². The predicted molar refractivity (Wildman–Crippen MR) is 152 cm³/mol. The van der Waals surface area contributed by atoms with E-state index in [0.717, 1.165) is 19.0 Å². The van der Waals surface area contributed by atoms with Gasteiger partial charge in [0, 0.05) is 44.1 Å². The molecule has 8 nitrogen and oxygen atoms in total. The van der Waals surface area contributed by atoms with E-state index in [9.17, 15) is 31.1 Å². The van der Waals surface area contributed by atoms with Crippen molar-refractivity contribution in [3.05, 3.63) is 82.0 Å². The van der Waals surface area contributed by atoms with Gasteiger partial charge in [-0.25, -0.2) is 9.97 Å². The maximum Gasteiger partial charge on any atom is 0.416 e. The number of halogens is 6. The van der Waals surface area contributed by atoms with Gasteiger partial charge in [0.05, 0.1) is 23.1 Å². The van der Waals surface area contributed by atoms with Gasteiger partial charge in [0.25, 0.3) is 5.91 Å². The van der Waals surface area contributed by atoms with Crippen LogP contribution < -0.4 is 14.4 Å². The highest BCUT2D eigenvalue weighted by atomic mass is 32.2. The second kappa shape index (κ2) is 12.8. The topological polar surface area (TPSA) is 80.2 Å². The number of alkyl halides is 6. The predicted octanol–water partition coefficient (Wildman–Crippen LogP) is 6.28. The molecule has 1 aromatic heterocycles. The Bertz CT molecular complexity index is 1580. The van der Waals surface area contributed by atoms with Crippen LogP contribution in [-0.2, 0) is 23.8 Å². The Kier molecular flexibility index (Phi) is 9.04.